The van der Waals surface area contributed by atoms with E-state index in [2.05, 4.69) is 53.6 Å². The SMILES string of the molecule is CCCOCCc1nnc(C(NCC)c2ccccc2)s1. The van der Waals surface area contributed by atoms with Crippen LogP contribution in [0.5, 0.6) is 0 Å². The second-order valence-corrected chi connectivity index (χ2v) is 5.89. The summed E-state index contributed by atoms with van der Waals surface area (Å²) >= 11 is 1.67. The van der Waals surface area contributed by atoms with Crippen LogP contribution in [0.25, 0.3) is 0 Å². The van der Waals surface area contributed by atoms with Gasteiger partial charge in [0.05, 0.1) is 12.6 Å². The van der Waals surface area contributed by atoms with Crippen molar-refractivity contribution in [2.24, 2.45) is 0 Å². The Hall–Kier alpha value is -1.30. The largest absolute Gasteiger partial charge is 0.381 e. The van der Waals surface area contributed by atoms with Crippen LogP contribution >= 0.6 is 11.3 Å². The lowest BCUT2D eigenvalue weighted by Crippen LogP contribution is -2.21. The van der Waals surface area contributed by atoms with Crippen molar-refractivity contribution in [1.29, 1.82) is 0 Å². The molecule has 0 bridgehead atoms. The van der Waals surface area contributed by atoms with E-state index < -0.39 is 0 Å². The zero-order valence-corrected chi connectivity index (χ0v) is 13.5. The Morgan fingerprint density at radius 3 is 2.67 bits per heavy atom. The van der Waals surface area contributed by atoms with E-state index >= 15 is 0 Å². The summed E-state index contributed by atoms with van der Waals surface area (Å²) in [7, 11) is 0. The van der Waals surface area contributed by atoms with Crippen LogP contribution in [0.4, 0.5) is 0 Å². The van der Waals surface area contributed by atoms with Crippen LogP contribution in [0.1, 0.15) is 41.9 Å². The fourth-order valence-electron chi connectivity index (χ4n) is 2.09. The molecule has 1 N–H and O–H groups in total. The Kier molecular flexibility index (Phi) is 6.79. The maximum absolute atomic E-state index is 5.51. The molecule has 0 amide bonds. The van der Waals surface area contributed by atoms with E-state index in [1.54, 1.807) is 11.3 Å². The summed E-state index contributed by atoms with van der Waals surface area (Å²) in [5.74, 6) is 0. The molecule has 0 aliphatic heterocycles. The molecule has 0 fully saturated rings. The molecule has 5 heteroatoms. The summed E-state index contributed by atoms with van der Waals surface area (Å²) in [6.07, 6.45) is 1.89. The molecule has 0 saturated carbocycles. The van der Waals surface area contributed by atoms with Crippen LogP contribution in [0, 0.1) is 0 Å². The average molecular weight is 305 g/mol. The van der Waals surface area contributed by atoms with Gasteiger partial charge in [0.15, 0.2) is 0 Å². The molecule has 1 aromatic heterocycles. The Balaban J connectivity index is 2.02. The predicted octanol–water partition coefficient (Wildman–Crippen LogP) is 3.21. The van der Waals surface area contributed by atoms with Crippen molar-refractivity contribution in [2.75, 3.05) is 19.8 Å². The molecule has 1 heterocycles. The number of ether oxygens (including phenoxy) is 1. The van der Waals surface area contributed by atoms with Gasteiger partial charge < -0.3 is 10.1 Å². The second-order valence-electron chi connectivity index (χ2n) is 4.80. The van der Waals surface area contributed by atoms with Gasteiger partial charge in [-0.05, 0) is 18.5 Å². The first-order chi connectivity index (χ1) is 10.3. The molecule has 2 rings (SSSR count). The average Bonchev–Trinajstić information content (AvgIpc) is 2.98. The van der Waals surface area contributed by atoms with Gasteiger partial charge in [-0.25, -0.2) is 0 Å². The number of hydrogen-bond acceptors (Lipinski definition) is 5. The van der Waals surface area contributed by atoms with E-state index in [1.807, 2.05) is 6.07 Å². The Bertz CT molecular complexity index is 515. The quantitative estimate of drug-likeness (QED) is 0.723. The summed E-state index contributed by atoms with van der Waals surface area (Å²) in [6, 6.07) is 10.5. The van der Waals surface area contributed by atoms with Crippen LogP contribution in [0.15, 0.2) is 30.3 Å². The molecule has 1 unspecified atom stereocenters. The van der Waals surface area contributed by atoms with Gasteiger partial charge in [-0.15, -0.1) is 10.2 Å². The van der Waals surface area contributed by atoms with Gasteiger partial charge in [-0.2, -0.15) is 0 Å². The summed E-state index contributed by atoms with van der Waals surface area (Å²) in [5, 5.41) is 14.2. The molecule has 0 radical (unpaired) electrons. The predicted molar refractivity (Wildman–Crippen MR) is 86.7 cm³/mol. The van der Waals surface area contributed by atoms with Crippen LogP contribution in [-0.4, -0.2) is 30.0 Å². The fourth-order valence-corrected chi connectivity index (χ4v) is 3.01. The Labute approximate surface area is 130 Å². The third-order valence-electron chi connectivity index (χ3n) is 3.08. The van der Waals surface area contributed by atoms with Gasteiger partial charge in [-0.1, -0.05) is 55.5 Å². The maximum atomic E-state index is 5.51. The highest BCUT2D eigenvalue weighted by atomic mass is 32.1. The molecule has 0 aliphatic rings. The molecular weight excluding hydrogens is 282 g/mol. The number of nitrogens with zero attached hydrogens (tertiary/aromatic N) is 2. The van der Waals surface area contributed by atoms with Crippen LogP contribution in [0.2, 0.25) is 0 Å². The molecule has 4 nitrogen and oxygen atoms in total. The normalized spacial score (nSPS) is 12.5. The minimum atomic E-state index is 0.124. The molecule has 21 heavy (non-hydrogen) atoms. The highest BCUT2D eigenvalue weighted by molar-refractivity contribution is 7.11. The van der Waals surface area contributed by atoms with E-state index in [-0.39, 0.29) is 6.04 Å². The molecule has 114 valence electrons. The van der Waals surface area contributed by atoms with Crippen molar-refractivity contribution >= 4 is 11.3 Å². The van der Waals surface area contributed by atoms with E-state index in [0.29, 0.717) is 0 Å². The van der Waals surface area contributed by atoms with Gasteiger partial charge >= 0.3 is 0 Å². The third-order valence-corrected chi connectivity index (χ3v) is 4.13. The fraction of sp³-hybridized carbons (Fsp3) is 0.500. The lowest BCUT2D eigenvalue weighted by molar-refractivity contribution is 0.138. The van der Waals surface area contributed by atoms with Crippen LogP contribution < -0.4 is 5.32 Å². The highest BCUT2D eigenvalue weighted by Gasteiger charge is 2.17. The smallest absolute Gasteiger partial charge is 0.139 e. The van der Waals surface area contributed by atoms with Gasteiger partial charge in [0.2, 0.25) is 0 Å². The number of aromatic nitrogens is 2. The maximum Gasteiger partial charge on any atom is 0.139 e. The van der Waals surface area contributed by atoms with Crippen LogP contribution in [0.3, 0.4) is 0 Å². The van der Waals surface area contributed by atoms with Crippen molar-refractivity contribution in [2.45, 2.75) is 32.7 Å². The van der Waals surface area contributed by atoms with E-state index in [0.717, 1.165) is 42.6 Å². The van der Waals surface area contributed by atoms with Gasteiger partial charge in [0.1, 0.15) is 10.0 Å². The number of hydrogen-bond donors (Lipinski definition) is 1. The van der Waals surface area contributed by atoms with Gasteiger partial charge in [0.25, 0.3) is 0 Å². The van der Waals surface area contributed by atoms with Crippen molar-refractivity contribution in [1.82, 2.24) is 15.5 Å². The van der Waals surface area contributed by atoms with Gasteiger partial charge in [-0.3, -0.25) is 0 Å². The molecule has 0 saturated heterocycles. The van der Waals surface area contributed by atoms with E-state index in [4.69, 9.17) is 4.74 Å². The van der Waals surface area contributed by atoms with Crippen molar-refractivity contribution < 1.29 is 4.74 Å². The van der Waals surface area contributed by atoms with Crippen LogP contribution in [-0.2, 0) is 11.2 Å². The number of benzene rings is 1. The lowest BCUT2D eigenvalue weighted by Gasteiger charge is -2.14. The van der Waals surface area contributed by atoms with E-state index in [1.165, 1.54) is 5.56 Å². The van der Waals surface area contributed by atoms with Crippen molar-refractivity contribution in [3.8, 4) is 0 Å². The first-order valence-corrected chi connectivity index (χ1v) is 8.35. The molecule has 0 aliphatic carbocycles. The molecule has 2 aromatic rings. The van der Waals surface area contributed by atoms with Crippen molar-refractivity contribution in [3.63, 3.8) is 0 Å². The second kappa shape index (κ2) is 8.87. The van der Waals surface area contributed by atoms with Crippen molar-refractivity contribution in [3.05, 3.63) is 45.9 Å². The van der Waals surface area contributed by atoms with Gasteiger partial charge in [0, 0.05) is 13.0 Å². The molecule has 1 atom stereocenters. The summed E-state index contributed by atoms with van der Waals surface area (Å²) in [6.45, 7) is 6.66. The molecule has 0 spiro atoms. The molecular formula is C16H23N3OS. The number of nitrogens with one attached hydrogen (secondary N) is 1. The third kappa shape index (κ3) is 4.88. The lowest BCUT2D eigenvalue weighted by atomic mass is 10.1. The minimum absolute atomic E-state index is 0.124. The summed E-state index contributed by atoms with van der Waals surface area (Å²) in [5.41, 5.74) is 1.23. The zero-order chi connectivity index (χ0) is 14.9. The Morgan fingerprint density at radius 2 is 1.95 bits per heavy atom. The standard InChI is InChI=1S/C16H23N3OS/c1-3-11-20-12-10-14-18-19-16(21-14)15(17-4-2)13-8-6-5-7-9-13/h5-9,15,17H,3-4,10-12H2,1-2H3. The minimum Gasteiger partial charge on any atom is -0.381 e. The zero-order valence-electron chi connectivity index (χ0n) is 12.7. The number of rotatable bonds is 9. The molecule has 1 aromatic carbocycles. The highest BCUT2D eigenvalue weighted by Crippen LogP contribution is 2.25. The Morgan fingerprint density at radius 1 is 1.14 bits per heavy atom. The monoisotopic (exact) mass is 305 g/mol. The first-order valence-electron chi connectivity index (χ1n) is 7.53. The topological polar surface area (TPSA) is 47.0 Å². The first kappa shape index (κ1) is 16.1. The van der Waals surface area contributed by atoms with E-state index in [9.17, 15) is 0 Å². The summed E-state index contributed by atoms with van der Waals surface area (Å²) < 4.78 is 5.51. The summed E-state index contributed by atoms with van der Waals surface area (Å²) in [4.78, 5) is 0.